The fraction of sp³-hybridized carbons (Fsp3) is 0.100. The first-order valence-corrected chi connectivity index (χ1v) is 8.27. The van der Waals surface area contributed by atoms with Crippen LogP contribution in [0.4, 0.5) is 18.9 Å². The number of hydrogen-bond acceptors (Lipinski definition) is 5. The van der Waals surface area contributed by atoms with E-state index in [1.165, 1.54) is 18.3 Å². The normalized spacial score (nSPS) is 10.9. The van der Waals surface area contributed by atoms with Crippen LogP contribution in [0.3, 0.4) is 0 Å². The number of halogens is 3. The molecule has 9 heteroatoms. The molecule has 0 fully saturated rings. The topological polar surface area (TPSA) is 87.9 Å². The highest BCUT2D eigenvalue weighted by molar-refractivity contribution is 6.04. The minimum Gasteiger partial charge on any atom is -0.438 e. The summed E-state index contributed by atoms with van der Waals surface area (Å²) in [5, 5.41) is 11.5. The van der Waals surface area contributed by atoms with Crippen molar-refractivity contribution in [3.8, 4) is 17.7 Å². The van der Waals surface area contributed by atoms with E-state index in [-0.39, 0.29) is 11.4 Å². The van der Waals surface area contributed by atoms with Crippen LogP contribution in [0.1, 0.15) is 27.2 Å². The molecule has 0 radical (unpaired) electrons. The van der Waals surface area contributed by atoms with Crippen molar-refractivity contribution < 1.29 is 22.7 Å². The van der Waals surface area contributed by atoms with Gasteiger partial charge >= 0.3 is 6.18 Å². The molecule has 1 aromatic carbocycles. The van der Waals surface area contributed by atoms with Gasteiger partial charge in [-0.15, -0.1) is 0 Å². The van der Waals surface area contributed by atoms with E-state index in [9.17, 15) is 18.0 Å². The molecule has 0 spiro atoms. The van der Waals surface area contributed by atoms with E-state index >= 15 is 0 Å². The lowest BCUT2D eigenvalue weighted by atomic mass is 10.1. The van der Waals surface area contributed by atoms with Gasteiger partial charge in [-0.3, -0.25) is 9.78 Å². The van der Waals surface area contributed by atoms with Gasteiger partial charge in [0.15, 0.2) is 0 Å². The number of nitrogens with one attached hydrogen (secondary N) is 1. The number of ether oxygens (including phenoxy) is 1. The molecule has 0 saturated heterocycles. The summed E-state index contributed by atoms with van der Waals surface area (Å²) < 4.78 is 44.8. The van der Waals surface area contributed by atoms with Gasteiger partial charge in [-0.1, -0.05) is 0 Å². The Bertz CT molecular complexity index is 1110. The van der Waals surface area contributed by atoms with Crippen molar-refractivity contribution in [2.24, 2.45) is 0 Å². The number of amides is 1. The zero-order valence-electron chi connectivity index (χ0n) is 15.0. The Morgan fingerprint density at radius 3 is 2.55 bits per heavy atom. The lowest BCUT2D eigenvalue weighted by molar-refractivity contribution is -0.138. The van der Waals surface area contributed by atoms with E-state index < -0.39 is 23.3 Å². The number of alkyl halides is 3. The number of aryl methyl sites for hydroxylation is 1. The Kier molecular flexibility index (Phi) is 5.45. The maximum absolute atomic E-state index is 13.1. The number of carbonyl (C=O) groups excluding carboxylic acids is 1. The van der Waals surface area contributed by atoms with Gasteiger partial charge in [0.25, 0.3) is 5.91 Å². The molecule has 2 heterocycles. The van der Waals surface area contributed by atoms with Crippen LogP contribution in [0.2, 0.25) is 0 Å². The molecular formula is C20H13F3N4O2. The van der Waals surface area contributed by atoms with Gasteiger partial charge < -0.3 is 10.1 Å². The van der Waals surface area contributed by atoms with E-state index in [4.69, 9.17) is 10.00 Å². The van der Waals surface area contributed by atoms with Crippen LogP contribution in [0.15, 0.2) is 54.9 Å². The van der Waals surface area contributed by atoms with Crippen LogP contribution in [0, 0.1) is 18.3 Å². The standard InChI is InChI=1S/C20H13F3N4O2/c1-12-10-14(29-19-13(11-24)4-2-9-26-19)6-7-16(12)27-18(28)17-15(20(21,22)23)5-3-8-25-17/h2-10H,1H3,(H,27,28). The molecule has 1 N–H and O–H groups in total. The number of hydrogen-bond donors (Lipinski definition) is 1. The molecule has 0 atom stereocenters. The minimum absolute atomic E-state index is 0.120. The smallest absolute Gasteiger partial charge is 0.418 e. The van der Waals surface area contributed by atoms with E-state index in [1.807, 2.05) is 6.07 Å². The lowest BCUT2D eigenvalue weighted by Crippen LogP contribution is -2.20. The van der Waals surface area contributed by atoms with E-state index in [1.54, 1.807) is 25.1 Å². The zero-order valence-corrected chi connectivity index (χ0v) is 15.0. The Hall–Kier alpha value is -3.93. The number of anilines is 1. The van der Waals surface area contributed by atoms with Crippen molar-refractivity contribution >= 4 is 11.6 Å². The highest BCUT2D eigenvalue weighted by atomic mass is 19.4. The molecule has 6 nitrogen and oxygen atoms in total. The van der Waals surface area contributed by atoms with Crippen LogP contribution >= 0.6 is 0 Å². The van der Waals surface area contributed by atoms with Crippen molar-refractivity contribution in [2.75, 3.05) is 5.32 Å². The maximum atomic E-state index is 13.1. The summed E-state index contributed by atoms with van der Waals surface area (Å²) in [4.78, 5) is 19.9. The molecule has 0 unspecified atom stereocenters. The summed E-state index contributed by atoms with van der Waals surface area (Å²) in [6.45, 7) is 1.65. The minimum atomic E-state index is -4.70. The first kappa shape index (κ1) is 19.8. The molecule has 29 heavy (non-hydrogen) atoms. The summed E-state index contributed by atoms with van der Waals surface area (Å²) in [5.74, 6) is -0.509. The molecule has 146 valence electrons. The fourth-order valence-corrected chi connectivity index (χ4v) is 2.51. The second kappa shape index (κ2) is 7.98. The van der Waals surface area contributed by atoms with E-state index in [0.717, 1.165) is 18.3 Å². The summed E-state index contributed by atoms with van der Waals surface area (Å²) in [6.07, 6.45) is -2.11. The van der Waals surface area contributed by atoms with Gasteiger partial charge in [0, 0.05) is 18.1 Å². The second-order valence-corrected chi connectivity index (χ2v) is 5.90. The average Bonchev–Trinajstić information content (AvgIpc) is 2.69. The van der Waals surface area contributed by atoms with E-state index in [2.05, 4.69) is 15.3 Å². The lowest BCUT2D eigenvalue weighted by Gasteiger charge is -2.13. The van der Waals surface area contributed by atoms with Crippen molar-refractivity contribution in [3.63, 3.8) is 0 Å². The van der Waals surface area contributed by atoms with Gasteiger partial charge in [-0.25, -0.2) is 4.98 Å². The third-order valence-electron chi connectivity index (χ3n) is 3.88. The molecule has 0 saturated carbocycles. The molecule has 3 aromatic rings. The van der Waals surface area contributed by atoms with Crippen molar-refractivity contribution in [3.05, 3.63) is 77.2 Å². The van der Waals surface area contributed by atoms with Gasteiger partial charge in [0.2, 0.25) is 5.88 Å². The summed E-state index contributed by atoms with van der Waals surface area (Å²) in [5.41, 5.74) is -0.754. The average molecular weight is 398 g/mol. The third-order valence-corrected chi connectivity index (χ3v) is 3.88. The van der Waals surface area contributed by atoms with Gasteiger partial charge in [-0.2, -0.15) is 18.4 Å². The zero-order chi connectivity index (χ0) is 21.0. The monoisotopic (exact) mass is 398 g/mol. The summed E-state index contributed by atoms with van der Waals surface area (Å²) in [6, 6.07) is 11.6. The molecule has 0 bridgehead atoms. The Morgan fingerprint density at radius 1 is 1.14 bits per heavy atom. The summed E-state index contributed by atoms with van der Waals surface area (Å²) >= 11 is 0. The Balaban J connectivity index is 1.82. The van der Waals surface area contributed by atoms with Crippen molar-refractivity contribution in [1.82, 2.24) is 9.97 Å². The quantitative estimate of drug-likeness (QED) is 0.687. The molecular weight excluding hydrogens is 385 g/mol. The molecule has 0 aliphatic rings. The van der Waals surface area contributed by atoms with Gasteiger partial charge in [0.05, 0.1) is 5.56 Å². The number of benzene rings is 1. The third kappa shape index (κ3) is 4.50. The van der Waals surface area contributed by atoms with Crippen molar-refractivity contribution in [2.45, 2.75) is 13.1 Å². The predicted octanol–water partition coefficient (Wildman–Crippen LogP) is 4.72. The fourth-order valence-electron chi connectivity index (χ4n) is 2.51. The second-order valence-electron chi connectivity index (χ2n) is 5.90. The predicted molar refractivity (Wildman–Crippen MR) is 97.4 cm³/mol. The van der Waals surface area contributed by atoms with E-state index in [0.29, 0.717) is 17.0 Å². The van der Waals surface area contributed by atoms with Crippen LogP contribution in [-0.4, -0.2) is 15.9 Å². The maximum Gasteiger partial charge on any atom is 0.418 e. The van der Waals surface area contributed by atoms with Crippen LogP contribution in [0.5, 0.6) is 11.6 Å². The van der Waals surface area contributed by atoms with Gasteiger partial charge in [0.1, 0.15) is 23.1 Å². The SMILES string of the molecule is Cc1cc(Oc2ncccc2C#N)ccc1NC(=O)c1ncccc1C(F)(F)F. The first-order valence-electron chi connectivity index (χ1n) is 8.27. The number of nitrogens with zero attached hydrogens (tertiary/aromatic N) is 3. The highest BCUT2D eigenvalue weighted by Crippen LogP contribution is 2.32. The number of nitriles is 1. The molecule has 3 rings (SSSR count). The number of aromatic nitrogens is 2. The molecule has 2 aromatic heterocycles. The largest absolute Gasteiger partial charge is 0.438 e. The Morgan fingerprint density at radius 2 is 1.86 bits per heavy atom. The molecule has 0 aliphatic heterocycles. The van der Waals surface area contributed by atoms with Gasteiger partial charge in [-0.05, 0) is 55.0 Å². The number of rotatable bonds is 4. The van der Waals surface area contributed by atoms with Crippen LogP contribution in [-0.2, 0) is 6.18 Å². The van der Waals surface area contributed by atoms with Crippen LogP contribution in [0.25, 0.3) is 0 Å². The van der Waals surface area contributed by atoms with Crippen molar-refractivity contribution in [1.29, 1.82) is 5.26 Å². The number of carbonyl (C=O) groups is 1. The highest BCUT2D eigenvalue weighted by Gasteiger charge is 2.36. The number of pyridine rings is 2. The first-order chi connectivity index (χ1) is 13.8. The van der Waals surface area contributed by atoms with Crippen LogP contribution < -0.4 is 10.1 Å². The Labute approximate surface area is 163 Å². The molecule has 1 amide bonds. The summed E-state index contributed by atoms with van der Waals surface area (Å²) in [7, 11) is 0. The molecule has 0 aliphatic carbocycles.